The van der Waals surface area contributed by atoms with Crippen LogP contribution in [0.3, 0.4) is 0 Å². The van der Waals surface area contributed by atoms with E-state index in [1.807, 2.05) is 37.3 Å². The summed E-state index contributed by atoms with van der Waals surface area (Å²) < 4.78 is 48.8. The molecule has 2 aromatic carbocycles. The molecule has 0 atom stereocenters. The number of furan rings is 1. The van der Waals surface area contributed by atoms with Crippen LogP contribution in [-0.4, -0.2) is 22.4 Å². The summed E-state index contributed by atoms with van der Waals surface area (Å²) in [7, 11) is 0. The lowest BCUT2D eigenvalue weighted by Gasteiger charge is -2.18. The molecule has 1 heterocycles. The molecule has 0 aliphatic heterocycles. The van der Waals surface area contributed by atoms with Crippen LogP contribution in [0, 0.1) is 6.92 Å². The zero-order valence-electron chi connectivity index (χ0n) is 18.5. The highest BCUT2D eigenvalue weighted by Crippen LogP contribution is 2.34. The Morgan fingerprint density at radius 3 is 2.27 bits per heavy atom. The van der Waals surface area contributed by atoms with Gasteiger partial charge in [-0.3, -0.25) is 4.79 Å². The summed E-state index contributed by atoms with van der Waals surface area (Å²) in [5, 5.41) is 9.23. The minimum atomic E-state index is -4.36. The summed E-state index contributed by atoms with van der Waals surface area (Å²) in [5.74, 6) is 1.09. The van der Waals surface area contributed by atoms with Gasteiger partial charge in [0.25, 0.3) is 0 Å². The fourth-order valence-electron chi connectivity index (χ4n) is 3.13. The molecule has 0 saturated carbocycles. The van der Waals surface area contributed by atoms with E-state index in [0.717, 1.165) is 34.8 Å². The van der Waals surface area contributed by atoms with E-state index in [1.165, 1.54) is 23.9 Å². The molecule has 0 fully saturated rings. The van der Waals surface area contributed by atoms with Crippen molar-refractivity contribution in [3.63, 3.8) is 0 Å². The van der Waals surface area contributed by atoms with Crippen molar-refractivity contribution < 1.29 is 32.2 Å². The van der Waals surface area contributed by atoms with Crippen molar-refractivity contribution in [2.45, 2.75) is 49.4 Å². The first-order valence-corrected chi connectivity index (χ1v) is 11.2. The van der Waals surface area contributed by atoms with Crippen molar-refractivity contribution in [1.29, 1.82) is 0 Å². The molecule has 0 bridgehead atoms. The van der Waals surface area contributed by atoms with Crippen LogP contribution in [0.1, 0.15) is 37.2 Å². The van der Waals surface area contributed by atoms with Crippen LogP contribution >= 0.6 is 11.8 Å². The van der Waals surface area contributed by atoms with E-state index in [-0.39, 0.29) is 0 Å². The second kappa shape index (κ2) is 9.95. The Labute approximate surface area is 194 Å². The fourth-order valence-corrected chi connectivity index (χ4v) is 4.08. The Balaban J connectivity index is 1.51. The van der Waals surface area contributed by atoms with Gasteiger partial charge < -0.3 is 14.3 Å². The minimum absolute atomic E-state index is 0.480. The van der Waals surface area contributed by atoms with Crippen LogP contribution in [0.25, 0.3) is 11.3 Å². The molecular formula is C25H25F3O4S. The van der Waals surface area contributed by atoms with Crippen LogP contribution in [0.5, 0.6) is 5.75 Å². The summed E-state index contributed by atoms with van der Waals surface area (Å²) in [6.45, 7) is 5.63. The van der Waals surface area contributed by atoms with Crippen LogP contribution in [0.2, 0.25) is 0 Å². The van der Waals surface area contributed by atoms with E-state index in [9.17, 15) is 23.1 Å². The van der Waals surface area contributed by atoms with E-state index >= 15 is 0 Å². The van der Waals surface area contributed by atoms with E-state index in [4.69, 9.17) is 9.15 Å². The summed E-state index contributed by atoms with van der Waals surface area (Å²) in [5.41, 5.74) is 0.887. The van der Waals surface area contributed by atoms with Crippen LogP contribution in [0.4, 0.5) is 13.2 Å². The Hall–Kier alpha value is -2.87. The highest BCUT2D eigenvalue weighted by molar-refractivity contribution is 8.01. The molecule has 8 heteroatoms. The van der Waals surface area contributed by atoms with Crippen molar-refractivity contribution in [3.8, 4) is 17.1 Å². The lowest BCUT2D eigenvalue weighted by Crippen LogP contribution is -2.26. The van der Waals surface area contributed by atoms with Gasteiger partial charge in [0.15, 0.2) is 0 Å². The van der Waals surface area contributed by atoms with Crippen molar-refractivity contribution in [1.82, 2.24) is 0 Å². The van der Waals surface area contributed by atoms with Gasteiger partial charge in [0.2, 0.25) is 0 Å². The maximum atomic E-state index is 12.7. The molecule has 1 aromatic heterocycles. The van der Waals surface area contributed by atoms with Gasteiger partial charge in [-0.2, -0.15) is 13.2 Å². The zero-order chi connectivity index (χ0) is 24.2. The van der Waals surface area contributed by atoms with Gasteiger partial charge in [-0.25, -0.2) is 0 Å². The molecule has 33 heavy (non-hydrogen) atoms. The Morgan fingerprint density at radius 2 is 1.70 bits per heavy atom. The second-order valence-corrected chi connectivity index (χ2v) is 9.80. The maximum Gasteiger partial charge on any atom is 0.416 e. The van der Waals surface area contributed by atoms with Crippen molar-refractivity contribution in [3.05, 3.63) is 71.5 Å². The number of halogens is 3. The van der Waals surface area contributed by atoms with Crippen molar-refractivity contribution >= 4 is 17.7 Å². The van der Waals surface area contributed by atoms with Gasteiger partial charge in [-0.1, -0.05) is 12.1 Å². The first-order valence-electron chi connectivity index (χ1n) is 10.4. The fraction of sp³-hybridized carbons (Fsp3) is 0.320. The number of aliphatic carboxylic acids is 1. The number of aryl methyl sites for hydroxylation is 2. The summed E-state index contributed by atoms with van der Waals surface area (Å²) in [4.78, 5) is 12.1. The summed E-state index contributed by atoms with van der Waals surface area (Å²) in [6, 6.07) is 14.1. The third kappa shape index (κ3) is 6.57. The number of carboxylic acids is 1. The number of thioether (sulfide) groups is 1. The maximum absolute atomic E-state index is 12.7. The van der Waals surface area contributed by atoms with Gasteiger partial charge in [0, 0.05) is 10.5 Å². The Bertz CT molecular complexity index is 1080. The number of ether oxygens (including phenoxy) is 1. The van der Waals surface area contributed by atoms with E-state index in [1.54, 1.807) is 13.8 Å². The predicted molar refractivity (Wildman–Crippen MR) is 122 cm³/mol. The number of carboxylic acid groups (broad SMARTS) is 1. The van der Waals surface area contributed by atoms with Gasteiger partial charge >= 0.3 is 12.1 Å². The minimum Gasteiger partial charge on any atom is -0.494 e. The first kappa shape index (κ1) is 24.8. The normalized spacial score (nSPS) is 12.1. The molecule has 1 N–H and O–H groups in total. The largest absolute Gasteiger partial charge is 0.494 e. The summed E-state index contributed by atoms with van der Waals surface area (Å²) in [6.07, 6.45) is -2.93. The monoisotopic (exact) mass is 478 g/mol. The molecule has 0 amide bonds. The third-order valence-electron chi connectivity index (χ3n) is 5.09. The Kier molecular flexibility index (Phi) is 7.47. The van der Waals surface area contributed by atoms with E-state index < -0.39 is 22.5 Å². The lowest BCUT2D eigenvalue weighted by atomic mass is 10.1. The molecular weight excluding hydrogens is 453 g/mol. The molecule has 0 aliphatic carbocycles. The lowest BCUT2D eigenvalue weighted by molar-refractivity contribution is -0.139. The predicted octanol–water partition coefficient (Wildman–Crippen LogP) is 7.24. The number of hydrogen-bond acceptors (Lipinski definition) is 4. The summed E-state index contributed by atoms with van der Waals surface area (Å²) >= 11 is 1.27. The molecule has 0 aliphatic rings. The average molecular weight is 479 g/mol. The molecule has 3 aromatic rings. The highest BCUT2D eigenvalue weighted by atomic mass is 32.2. The van der Waals surface area contributed by atoms with Crippen molar-refractivity contribution in [2.75, 3.05) is 6.61 Å². The molecule has 176 valence electrons. The van der Waals surface area contributed by atoms with E-state index in [2.05, 4.69) is 0 Å². The Morgan fingerprint density at radius 1 is 1.06 bits per heavy atom. The van der Waals surface area contributed by atoms with Gasteiger partial charge in [-0.05, 0) is 81.6 Å². The topological polar surface area (TPSA) is 59.7 Å². The van der Waals surface area contributed by atoms with Crippen LogP contribution in [-0.2, 0) is 17.4 Å². The molecule has 3 rings (SSSR count). The highest BCUT2D eigenvalue weighted by Gasteiger charge is 2.30. The first-order chi connectivity index (χ1) is 15.5. The molecule has 0 radical (unpaired) electrons. The van der Waals surface area contributed by atoms with E-state index in [0.29, 0.717) is 30.1 Å². The van der Waals surface area contributed by atoms with Crippen LogP contribution in [0.15, 0.2) is 63.9 Å². The smallest absolute Gasteiger partial charge is 0.416 e. The van der Waals surface area contributed by atoms with Gasteiger partial charge in [0.1, 0.15) is 22.0 Å². The molecule has 0 unspecified atom stereocenters. The van der Waals surface area contributed by atoms with Crippen molar-refractivity contribution in [2.24, 2.45) is 0 Å². The number of benzene rings is 2. The van der Waals surface area contributed by atoms with Crippen LogP contribution < -0.4 is 4.74 Å². The third-order valence-corrected chi connectivity index (χ3v) is 6.28. The standard InChI is InChI=1S/C25H25F3O4S/c1-16-18(15-22(32-16)17-6-8-19(9-7-17)25(26,27)28)5-4-14-31-20-10-12-21(13-11-20)33-24(2,3)23(29)30/h6-13,15H,4-5,14H2,1-3H3,(H,29,30). The number of hydrogen-bond donors (Lipinski definition) is 1. The SMILES string of the molecule is Cc1oc(-c2ccc(C(F)(F)F)cc2)cc1CCCOc1ccc(SC(C)(C)C(=O)O)cc1. The molecule has 0 spiro atoms. The number of carbonyl (C=O) groups is 1. The quantitative estimate of drug-likeness (QED) is 0.259. The number of alkyl halides is 3. The zero-order valence-corrected chi connectivity index (χ0v) is 19.3. The van der Waals surface area contributed by atoms with Gasteiger partial charge in [0.05, 0.1) is 12.2 Å². The average Bonchev–Trinajstić information content (AvgIpc) is 3.12. The molecule has 0 saturated heterocycles. The number of rotatable bonds is 9. The van der Waals surface area contributed by atoms with Gasteiger partial charge in [-0.15, -0.1) is 11.8 Å². The molecule has 4 nitrogen and oxygen atoms in total. The second-order valence-electron chi connectivity index (χ2n) is 8.11.